The van der Waals surface area contributed by atoms with E-state index in [2.05, 4.69) is 36.6 Å². The molecule has 0 atom stereocenters. The van der Waals surface area contributed by atoms with Crippen molar-refractivity contribution in [2.45, 2.75) is 0 Å². The van der Waals surface area contributed by atoms with E-state index in [9.17, 15) is 13.6 Å². The van der Waals surface area contributed by atoms with E-state index >= 15 is 0 Å². The van der Waals surface area contributed by atoms with E-state index in [0.29, 0.717) is 5.69 Å². The number of hydrogen-bond acceptors (Lipinski definition) is 6. The van der Waals surface area contributed by atoms with Crippen LogP contribution in [0.15, 0.2) is 48.7 Å². The molecule has 3 rings (SSSR count). The minimum Gasteiger partial charge on any atom is -0.358 e. The molecule has 0 unspecified atom stereocenters. The van der Waals surface area contributed by atoms with Crippen LogP contribution >= 0.6 is 0 Å². The fraction of sp³-hybridized carbons (Fsp3) is 0. The van der Waals surface area contributed by atoms with Gasteiger partial charge in [-0.1, -0.05) is 0 Å². The van der Waals surface area contributed by atoms with E-state index in [1.54, 1.807) is 0 Å². The molecule has 0 spiro atoms. The summed E-state index contributed by atoms with van der Waals surface area (Å²) in [5, 5.41) is 29.5. The van der Waals surface area contributed by atoms with Crippen LogP contribution in [0.5, 0.6) is 0 Å². The number of carbonyl (C=O) groups is 1. The summed E-state index contributed by atoms with van der Waals surface area (Å²) in [7, 11) is 0. The highest BCUT2D eigenvalue weighted by molar-refractivity contribution is 5.99. The molecule has 0 saturated carbocycles. The van der Waals surface area contributed by atoms with Crippen molar-refractivity contribution in [3.05, 3.63) is 66.1 Å². The number of nitriles is 1. The number of carbonyl (C=O) groups excluding carboxylic acids is 1. The van der Waals surface area contributed by atoms with E-state index in [1.807, 2.05) is 6.07 Å². The van der Waals surface area contributed by atoms with Crippen molar-refractivity contribution in [1.82, 2.24) is 20.6 Å². The zero-order valence-electron chi connectivity index (χ0n) is 14.1. The average molecular weight is 382 g/mol. The molecule has 140 valence electrons. The quantitative estimate of drug-likeness (QED) is 0.502. The standard InChI is InChI=1S/C17H12F2N8O/c18-11-1-3-12(4-2-11)22-17(28)23-13-5-6-15(14(19)7-13)21-9-10(8-20)16-24-26-27-25-16/h1-7,9,21H,(H2,22,23,28)(H,24,25,26,27). The number of aromatic amines is 1. The highest BCUT2D eigenvalue weighted by Crippen LogP contribution is 2.20. The predicted molar refractivity (Wildman–Crippen MR) is 96.8 cm³/mol. The predicted octanol–water partition coefficient (Wildman–Crippen LogP) is 3.10. The zero-order chi connectivity index (χ0) is 19.9. The van der Waals surface area contributed by atoms with Gasteiger partial charge in [0, 0.05) is 17.6 Å². The Morgan fingerprint density at radius 2 is 1.82 bits per heavy atom. The normalized spacial score (nSPS) is 10.8. The van der Waals surface area contributed by atoms with E-state index in [-0.39, 0.29) is 22.8 Å². The lowest BCUT2D eigenvalue weighted by Crippen LogP contribution is -2.19. The molecule has 2 amide bonds. The van der Waals surface area contributed by atoms with E-state index in [4.69, 9.17) is 5.26 Å². The molecule has 3 aromatic rings. The number of allylic oxidation sites excluding steroid dienone is 1. The second kappa shape index (κ2) is 8.37. The second-order valence-corrected chi connectivity index (χ2v) is 5.33. The fourth-order valence-electron chi connectivity index (χ4n) is 2.11. The number of H-pyrrole nitrogens is 1. The van der Waals surface area contributed by atoms with Gasteiger partial charge in [-0.25, -0.2) is 13.6 Å². The number of nitrogens with zero attached hydrogens (tertiary/aromatic N) is 4. The van der Waals surface area contributed by atoms with Gasteiger partial charge in [0.1, 0.15) is 23.3 Å². The first-order chi connectivity index (χ1) is 13.5. The molecule has 0 bridgehead atoms. The van der Waals surface area contributed by atoms with Gasteiger partial charge in [-0.15, -0.1) is 10.2 Å². The first-order valence-corrected chi connectivity index (χ1v) is 7.79. The van der Waals surface area contributed by atoms with Gasteiger partial charge in [0.2, 0.25) is 5.82 Å². The molecule has 2 aromatic carbocycles. The summed E-state index contributed by atoms with van der Waals surface area (Å²) in [6, 6.07) is 10.4. The number of hydrogen-bond donors (Lipinski definition) is 4. The van der Waals surface area contributed by atoms with Crippen LogP contribution in [0.25, 0.3) is 5.57 Å². The number of nitrogens with one attached hydrogen (secondary N) is 4. The van der Waals surface area contributed by atoms with Crippen LogP contribution in [0, 0.1) is 23.0 Å². The lowest BCUT2D eigenvalue weighted by Gasteiger charge is -2.09. The molecular weight excluding hydrogens is 370 g/mol. The van der Waals surface area contributed by atoms with Crippen molar-refractivity contribution < 1.29 is 13.6 Å². The molecule has 28 heavy (non-hydrogen) atoms. The van der Waals surface area contributed by atoms with Gasteiger partial charge >= 0.3 is 6.03 Å². The van der Waals surface area contributed by atoms with Crippen LogP contribution in [-0.4, -0.2) is 26.7 Å². The molecule has 0 radical (unpaired) electrons. The van der Waals surface area contributed by atoms with Gasteiger partial charge in [0.05, 0.1) is 5.69 Å². The van der Waals surface area contributed by atoms with Crippen molar-refractivity contribution in [3.8, 4) is 6.07 Å². The summed E-state index contributed by atoms with van der Waals surface area (Å²) in [4.78, 5) is 11.9. The maximum absolute atomic E-state index is 14.2. The molecule has 9 nitrogen and oxygen atoms in total. The monoisotopic (exact) mass is 382 g/mol. The number of rotatable bonds is 5. The van der Waals surface area contributed by atoms with Gasteiger partial charge in [-0.2, -0.15) is 10.5 Å². The molecule has 0 aliphatic rings. The largest absolute Gasteiger partial charge is 0.358 e. The third-order valence-electron chi connectivity index (χ3n) is 3.41. The minimum atomic E-state index is -0.666. The third kappa shape index (κ3) is 4.64. The number of tetrazole rings is 1. The van der Waals surface area contributed by atoms with Crippen LogP contribution in [-0.2, 0) is 0 Å². The number of urea groups is 1. The number of halogens is 2. The van der Waals surface area contributed by atoms with Crippen molar-refractivity contribution in [2.24, 2.45) is 0 Å². The van der Waals surface area contributed by atoms with Gasteiger partial charge in [0.15, 0.2) is 0 Å². The topological polar surface area (TPSA) is 131 Å². The highest BCUT2D eigenvalue weighted by atomic mass is 19.1. The first kappa shape index (κ1) is 18.5. The summed E-state index contributed by atoms with van der Waals surface area (Å²) < 4.78 is 27.1. The smallest absolute Gasteiger partial charge is 0.323 e. The van der Waals surface area contributed by atoms with Crippen LogP contribution in [0.1, 0.15) is 5.82 Å². The Morgan fingerprint density at radius 3 is 2.46 bits per heavy atom. The van der Waals surface area contributed by atoms with Crippen molar-refractivity contribution >= 4 is 28.7 Å². The summed E-state index contributed by atoms with van der Waals surface area (Å²) in [6.07, 6.45) is 1.23. The molecule has 0 aliphatic carbocycles. The van der Waals surface area contributed by atoms with Crippen LogP contribution < -0.4 is 16.0 Å². The molecule has 1 aromatic heterocycles. The third-order valence-corrected chi connectivity index (χ3v) is 3.41. The maximum Gasteiger partial charge on any atom is 0.323 e. The van der Waals surface area contributed by atoms with Gasteiger partial charge in [-0.3, -0.25) is 0 Å². The molecule has 0 aliphatic heterocycles. The zero-order valence-corrected chi connectivity index (χ0v) is 14.1. The summed E-state index contributed by atoms with van der Waals surface area (Å²) in [5.41, 5.74) is 0.702. The molecule has 4 N–H and O–H groups in total. The SMILES string of the molecule is N#CC(=CNc1ccc(NC(=O)Nc2ccc(F)cc2)cc1F)c1nn[nH]n1. The lowest BCUT2D eigenvalue weighted by atomic mass is 10.2. The van der Waals surface area contributed by atoms with Crippen LogP contribution in [0.2, 0.25) is 0 Å². The summed E-state index contributed by atoms with van der Waals surface area (Å²) in [6.45, 7) is 0. The van der Waals surface area contributed by atoms with E-state index in [0.717, 1.165) is 6.07 Å². The van der Waals surface area contributed by atoms with Gasteiger partial charge in [0.25, 0.3) is 0 Å². The molecule has 0 fully saturated rings. The first-order valence-electron chi connectivity index (χ1n) is 7.79. The highest BCUT2D eigenvalue weighted by Gasteiger charge is 2.09. The maximum atomic E-state index is 14.2. The second-order valence-electron chi connectivity index (χ2n) is 5.33. The van der Waals surface area contributed by atoms with Crippen molar-refractivity contribution in [3.63, 3.8) is 0 Å². The summed E-state index contributed by atoms with van der Waals surface area (Å²) >= 11 is 0. The Labute approximate surface area is 157 Å². The number of benzene rings is 2. The number of aromatic nitrogens is 4. The molecule has 0 saturated heterocycles. The van der Waals surface area contributed by atoms with E-state index < -0.39 is 17.7 Å². The molecule has 1 heterocycles. The van der Waals surface area contributed by atoms with Gasteiger partial charge in [-0.05, 0) is 47.7 Å². The Balaban J connectivity index is 1.64. The number of anilines is 3. The van der Waals surface area contributed by atoms with Gasteiger partial charge < -0.3 is 16.0 Å². The fourth-order valence-corrected chi connectivity index (χ4v) is 2.11. The minimum absolute atomic E-state index is 0.0500. The Bertz CT molecular complexity index is 1040. The van der Waals surface area contributed by atoms with Crippen LogP contribution in [0.3, 0.4) is 0 Å². The lowest BCUT2D eigenvalue weighted by molar-refractivity contribution is 0.262. The Kier molecular flexibility index (Phi) is 5.52. The summed E-state index contributed by atoms with van der Waals surface area (Å²) in [5.74, 6) is -1.03. The van der Waals surface area contributed by atoms with Crippen molar-refractivity contribution in [1.29, 1.82) is 5.26 Å². The number of amides is 2. The Morgan fingerprint density at radius 1 is 1.11 bits per heavy atom. The molecule has 11 heteroatoms. The van der Waals surface area contributed by atoms with Crippen molar-refractivity contribution in [2.75, 3.05) is 16.0 Å². The average Bonchev–Trinajstić information content (AvgIpc) is 3.20. The Hall–Kier alpha value is -4.33. The van der Waals surface area contributed by atoms with E-state index in [1.165, 1.54) is 42.6 Å². The van der Waals surface area contributed by atoms with Crippen LogP contribution in [0.4, 0.5) is 30.6 Å². The molecular formula is C17H12F2N8O.